The summed E-state index contributed by atoms with van der Waals surface area (Å²) in [6, 6.07) is 0. The molecule has 1 aromatic heterocycles. The number of carbonyl (C=O) groups is 1. The second kappa shape index (κ2) is 4.89. The third kappa shape index (κ3) is 2.59. The number of nitrogens with zero attached hydrogens (tertiary/aromatic N) is 3. The first kappa shape index (κ1) is 12.8. The second-order valence-corrected chi connectivity index (χ2v) is 4.74. The van der Waals surface area contributed by atoms with Gasteiger partial charge in [0.2, 0.25) is 0 Å². The van der Waals surface area contributed by atoms with Crippen molar-refractivity contribution in [3.63, 3.8) is 0 Å². The summed E-state index contributed by atoms with van der Waals surface area (Å²) in [5.74, 6) is -0.364. The van der Waals surface area contributed by atoms with E-state index in [-0.39, 0.29) is 11.3 Å². The molecule has 1 fully saturated rings. The molecule has 0 radical (unpaired) electrons. The average molecular weight is 251 g/mol. The molecule has 0 aromatic carbocycles. The molecule has 98 valence electrons. The lowest BCUT2D eigenvalue weighted by molar-refractivity contribution is -0.00483. The largest absolute Gasteiger partial charge is 0.476 e. The number of anilines is 1. The molecule has 1 unspecified atom stereocenters. The minimum Gasteiger partial charge on any atom is -0.476 e. The van der Waals surface area contributed by atoms with Gasteiger partial charge in [-0.05, 0) is 19.8 Å². The van der Waals surface area contributed by atoms with E-state index < -0.39 is 5.97 Å². The fourth-order valence-corrected chi connectivity index (χ4v) is 2.16. The molecule has 0 saturated carbocycles. The lowest BCUT2D eigenvalue weighted by Gasteiger charge is -2.39. The normalized spacial score (nSPS) is 24.0. The molecule has 0 spiro atoms. The standard InChI is InChI=1S/C12H17N3O3/c1-12(18-2)4-3-5-15(8-12)10-7-13-9(6-14-10)11(16)17/h6-7H,3-5,8H2,1-2H3,(H,16,17). The van der Waals surface area contributed by atoms with Crippen LogP contribution in [0.5, 0.6) is 0 Å². The number of carboxylic acids is 1. The summed E-state index contributed by atoms with van der Waals surface area (Å²) in [5.41, 5.74) is -0.212. The van der Waals surface area contributed by atoms with Gasteiger partial charge in [-0.2, -0.15) is 0 Å². The molecule has 1 aromatic rings. The van der Waals surface area contributed by atoms with Crippen LogP contribution in [0.1, 0.15) is 30.3 Å². The van der Waals surface area contributed by atoms with Gasteiger partial charge < -0.3 is 14.7 Å². The van der Waals surface area contributed by atoms with E-state index in [0.717, 1.165) is 25.9 Å². The van der Waals surface area contributed by atoms with Crippen molar-refractivity contribution in [2.24, 2.45) is 0 Å². The predicted octanol–water partition coefficient (Wildman–Crippen LogP) is 1.18. The number of aromatic nitrogens is 2. The number of piperidine rings is 1. The van der Waals surface area contributed by atoms with Crippen molar-refractivity contribution in [3.05, 3.63) is 18.1 Å². The molecule has 0 amide bonds. The molecule has 0 bridgehead atoms. The van der Waals surface area contributed by atoms with Crippen molar-refractivity contribution < 1.29 is 14.6 Å². The lowest BCUT2D eigenvalue weighted by Crippen LogP contribution is -2.47. The van der Waals surface area contributed by atoms with Gasteiger partial charge >= 0.3 is 5.97 Å². The highest BCUT2D eigenvalue weighted by atomic mass is 16.5. The average Bonchev–Trinajstić information content (AvgIpc) is 2.39. The van der Waals surface area contributed by atoms with Gasteiger partial charge in [-0.15, -0.1) is 0 Å². The molecule has 1 saturated heterocycles. The lowest BCUT2D eigenvalue weighted by atomic mass is 9.95. The molecule has 1 aliphatic rings. The molecule has 6 nitrogen and oxygen atoms in total. The second-order valence-electron chi connectivity index (χ2n) is 4.74. The third-order valence-corrected chi connectivity index (χ3v) is 3.33. The van der Waals surface area contributed by atoms with Gasteiger partial charge in [0, 0.05) is 20.2 Å². The van der Waals surface area contributed by atoms with Crippen molar-refractivity contribution in [2.75, 3.05) is 25.1 Å². The van der Waals surface area contributed by atoms with E-state index in [4.69, 9.17) is 9.84 Å². The van der Waals surface area contributed by atoms with E-state index in [2.05, 4.69) is 21.8 Å². The predicted molar refractivity (Wildman–Crippen MR) is 65.9 cm³/mol. The number of carboxylic acid groups (broad SMARTS) is 1. The number of rotatable bonds is 3. The van der Waals surface area contributed by atoms with Gasteiger partial charge in [0.05, 0.1) is 18.0 Å². The topological polar surface area (TPSA) is 75.5 Å². The van der Waals surface area contributed by atoms with Crippen LogP contribution in [0, 0.1) is 0 Å². The van der Waals surface area contributed by atoms with E-state index in [1.807, 2.05) is 0 Å². The van der Waals surface area contributed by atoms with Gasteiger partial charge in [-0.25, -0.2) is 14.8 Å². The van der Waals surface area contributed by atoms with E-state index in [0.29, 0.717) is 5.82 Å². The highest BCUT2D eigenvalue weighted by molar-refractivity contribution is 5.84. The smallest absolute Gasteiger partial charge is 0.356 e. The van der Waals surface area contributed by atoms with E-state index in [1.54, 1.807) is 7.11 Å². The SMILES string of the molecule is COC1(C)CCCN(c2cnc(C(=O)O)cn2)C1. The fourth-order valence-electron chi connectivity index (χ4n) is 2.16. The highest BCUT2D eigenvalue weighted by Gasteiger charge is 2.31. The molecule has 0 aliphatic carbocycles. The molecule has 6 heteroatoms. The zero-order valence-electron chi connectivity index (χ0n) is 10.6. The molecular formula is C12H17N3O3. The van der Waals surface area contributed by atoms with Crippen LogP contribution in [0.2, 0.25) is 0 Å². The Hall–Kier alpha value is -1.69. The number of methoxy groups -OCH3 is 1. The van der Waals surface area contributed by atoms with Gasteiger partial charge in [0.1, 0.15) is 5.82 Å². The Balaban J connectivity index is 2.14. The first-order valence-corrected chi connectivity index (χ1v) is 5.89. The molecule has 18 heavy (non-hydrogen) atoms. The first-order valence-electron chi connectivity index (χ1n) is 5.89. The molecule has 1 N–H and O–H groups in total. The third-order valence-electron chi connectivity index (χ3n) is 3.33. The Morgan fingerprint density at radius 3 is 2.83 bits per heavy atom. The van der Waals surface area contributed by atoms with E-state index in [1.165, 1.54) is 12.4 Å². The van der Waals surface area contributed by atoms with Crippen LogP contribution in [-0.4, -0.2) is 46.8 Å². The number of hydrogen-bond donors (Lipinski definition) is 1. The maximum absolute atomic E-state index is 10.7. The maximum Gasteiger partial charge on any atom is 0.356 e. The quantitative estimate of drug-likeness (QED) is 0.869. The van der Waals surface area contributed by atoms with E-state index >= 15 is 0 Å². The number of hydrogen-bond acceptors (Lipinski definition) is 5. The van der Waals surface area contributed by atoms with Crippen LogP contribution in [0.15, 0.2) is 12.4 Å². The molecule has 2 rings (SSSR count). The number of ether oxygens (including phenoxy) is 1. The summed E-state index contributed by atoms with van der Waals surface area (Å²) in [7, 11) is 1.71. The van der Waals surface area contributed by atoms with Crippen molar-refractivity contribution >= 4 is 11.8 Å². The van der Waals surface area contributed by atoms with Crippen molar-refractivity contribution in [1.82, 2.24) is 9.97 Å². The Morgan fingerprint density at radius 1 is 1.50 bits per heavy atom. The zero-order chi connectivity index (χ0) is 13.2. The Kier molecular flexibility index (Phi) is 3.47. The van der Waals surface area contributed by atoms with Crippen LogP contribution in [0.3, 0.4) is 0 Å². The van der Waals surface area contributed by atoms with Crippen LogP contribution in [-0.2, 0) is 4.74 Å². The van der Waals surface area contributed by atoms with Crippen LogP contribution in [0.25, 0.3) is 0 Å². The summed E-state index contributed by atoms with van der Waals surface area (Å²) < 4.78 is 5.51. The summed E-state index contributed by atoms with van der Waals surface area (Å²) in [6.07, 6.45) is 4.83. The Bertz CT molecular complexity index is 435. The molecule has 1 atom stereocenters. The minimum absolute atomic E-state index is 0.0368. The summed E-state index contributed by atoms with van der Waals surface area (Å²) in [5, 5.41) is 8.77. The maximum atomic E-state index is 10.7. The van der Waals surface area contributed by atoms with Crippen LogP contribution in [0.4, 0.5) is 5.82 Å². The molecule has 2 heterocycles. The summed E-state index contributed by atoms with van der Waals surface area (Å²) >= 11 is 0. The van der Waals surface area contributed by atoms with Crippen molar-refractivity contribution in [2.45, 2.75) is 25.4 Å². The van der Waals surface area contributed by atoms with E-state index in [9.17, 15) is 4.79 Å². The highest BCUT2D eigenvalue weighted by Crippen LogP contribution is 2.26. The van der Waals surface area contributed by atoms with Gasteiger partial charge in [-0.3, -0.25) is 0 Å². The van der Waals surface area contributed by atoms with Gasteiger partial charge in [-0.1, -0.05) is 0 Å². The summed E-state index contributed by atoms with van der Waals surface area (Å²) in [4.78, 5) is 20.8. The number of aromatic carboxylic acids is 1. The van der Waals surface area contributed by atoms with Crippen molar-refractivity contribution in [1.29, 1.82) is 0 Å². The fraction of sp³-hybridized carbons (Fsp3) is 0.583. The van der Waals surface area contributed by atoms with Crippen LogP contribution >= 0.6 is 0 Å². The Labute approximate surface area is 106 Å². The summed E-state index contributed by atoms with van der Waals surface area (Å²) in [6.45, 7) is 3.70. The van der Waals surface area contributed by atoms with Gasteiger partial charge in [0.15, 0.2) is 5.69 Å². The Morgan fingerprint density at radius 2 is 2.28 bits per heavy atom. The first-order chi connectivity index (χ1) is 8.54. The van der Waals surface area contributed by atoms with Crippen molar-refractivity contribution in [3.8, 4) is 0 Å². The zero-order valence-corrected chi connectivity index (χ0v) is 10.6. The van der Waals surface area contributed by atoms with Crippen LogP contribution < -0.4 is 4.90 Å². The molecule has 1 aliphatic heterocycles. The minimum atomic E-state index is -1.06. The molecular weight excluding hydrogens is 234 g/mol. The monoisotopic (exact) mass is 251 g/mol. The van der Waals surface area contributed by atoms with Gasteiger partial charge in [0.25, 0.3) is 0 Å².